The van der Waals surface area contributed by atoms with Gasteiger partial charge in [0.05, 0.1) is 11.9 Å². The van der Waals surface area contributed by atoms with Crippen LogP contribution in [0.25, 0.3) is 0 Å². The second kappa shape index (κ2) is 13.3. The Labute approximate surface area is 226 Å². The molecule has 1 saturated carbocycles. The summed E-state index contributed by atoms with van der Waals surface area (Å²) in [6, 6.07) is 14.0. The van der Waals surface area contributed by atoms with E-state index in [0.717, 1.165) is 43.1 Å². The van der Waals surface area contributed by atoms with Gasteiger partial charge in [-0.1, -0.05) is 66.8 Å². The van der Waals surface area contributed by atoms with Gasteiger partial charge in [-0.05, 0) is 56.9 Å². The summed E-state index contributed by atoms with van der Waals surface area (Å²) in [7, 11) is -3.52. The SMILES string of the molecule is Cc1ccc(N(CCCC(=O)N(Cc2ccccc2Cl)[C@@H](C)C(=O)NC2CCCCC2)S(C)(=O)=O)cc1. The number of halogens is 1. The van der Waals surface area contributed by atoms with E-state index in [1.165, 1.54) is 10.7 Å². The van der Waals surface area contributed by atoms with Crippen LogP contribution in [0.3, 0.4) is 0 Å². The fourth-order valence-electron chi connectivity index (χ4n) is 4.68. The topological polar surface area (TPSA) is 86.8 Å². The molecule has 0 spiro atoms. The van der Waals surface area contributed by atoms with E-state index in [1.54, 1.807) is 30.0 Å². The van der Waals surface area contributed by atoms with Crippen molar-refractivity contribution in [3.8, 4) is 0 Å². The Kier molecular flexibility index (Phi) is 10.4. The number of carbonyl (C=O) groups excluding carboxylic acids is 2. The van der Waals surface area contributed by atoms with Crippen molar-refractivity contribution in [1.82, 2.24) is 10.2 Å². The van der Waals surface area contributed by atoms with Gasteiger partial charge in [0, 0.05) is 30.6 Å². The molecular formula is C28H38ClN3O4S. The van der Waals surface area contributed by atoms with Crippen molar-refractivity contribution in [1.29, 1.82) is 0 Å². The molecule has 0 bridgehead atoms. The molecule has 3 rings (SSSR count). The Morgan fingerprint density at radius 2 is 1.70 bits per heavy atom. The minimum atomic E-state index is -3.52. The molecule has 0 saturated heterocycles. The lowest BCUT2D eigenvalue weighted by atomic mass is 9.95. The number of hydrogen-bond acceptors (Lipinski definition) is 4. The number of rotatable bonds is 11. The van der Waals surface area contributed by atoms with Gasteiger partial charge in [0.2, 0.25) is 21.8 Å². The van der Waals surface area contributed by atoms with Gasteiger partial charge in [-0.25, -0.2) is 8.42 Å². The van der Waals surface area contributed by atoms with Gasteiger partial charge in [0.15, 0.2) is 0 Å². The van der Waals surface area contributed by atoms with E-state index in [0.29, 0.717) is 17.1 Å². The van der Waals surface area contributed by atoms with Crippen LogP contribution in [0.4, 0.5) is 5.69 Å². The van der Waals surface area contributed by atoms with Crippen LogP contribution in [0, 0.1) is 6.92 Å². The Morgan fingerprint density at radius 3 is 2.32 bits per heavy atom. The Bertz CT molecular complexity index is 1160. The maximum atomic E-state index is 13.4. The smallest absolute Gasteiger partial charge is 0.242 e. The highest BCUT2D eigenvalue weighted by atomic mass is 35.5. The fourth-order valence-corrected chi connectivity index (χ4v) is 5.84. The standard InChI is InChI=1S/C28H38ClN3O4S/c1-21-15-17-25(18-16-21)32(37(3,35)36)19-9-14-27(33)31(20-23-10-7-8-13-26(23)29)22(2)28(34)30-24-11-5-4-6-12-24/h7-8,10,13,15-18,22,24H,4-6,9,11-12,14,19-20H2,1-3H3,(H,30,34)/t22-/m0/s1. The lowest BCUT2D eigenvalue weighted by molar-refractivity contribution is -0.141. The molecule has 1 aliphatic carbocycles. The molecule has 0 unspecified atom stereocenters. The number of carbonyl (C=O) groups is 2. The van der Waals surface area contributed by atoms with Crippen LogP contribution in [0.5, 0.6) is 0 Å². The van der Waals surface area contributed by atoms with Crippen molar-refractivity contribution in [2.75, 3.05) is 17.1 Å². The minimum absolute atomic E-state index is 0.101. The first-order chi connectivity index (χ1) is 17.6. The van der Waals surface area contributed by atoms with Crippen LogP contribution in [0.2, 0.25) is 5.02 Å². The molecule has 1 aliphatic rings. The minimum Gasteiger partial charge on any atom is -0.352 e. The summed E-state index contributed by atoms with van der Waals surface area (Å²) in [4.78, 5) is 28.1. The summed E-state index contributed by atoms with van der Waals surface area (Å²) in [5.41, 5.74) is 2.35. The summed E-state index contributed by atoms with van der Waals surface area (Å²) in [5, 5.41) is 3.65. The van der Waals surface area contributed by atoms with E-state index in [4.69, 9.17) is 11.6 Å². The lowest BCUT2D eigenvalue weighted by Crippen LogP contribution is -2.50. The molecular weight excluding hydrogens is 510 g/mol. The van der Waals surface area contributed by atoms with Crippen molar-refractivity contribution in [3.63, 3.8) is 0 Å². The van der Waals surface area contributed by atoms with E-state index < -0.39 is 16.1 Å². The molecule has 0 aromatic heterocycles. The van der Waals surface area contributed by atoms with Crippen molar-refractivity contribution < 1.29 is 18.0 Å². The molecule has 1 fully saturated rings. The van der Waals surface area contributed by atoms with Crippen molar-refractivity contribution in [2.45, 2.75) is 77.4 Å². The highest BCUT2D eigenvalue weighted by molar-refractivity contribution is 7.92. The molecule has 37 heavy (non-hydrogen) atoms. The van der Waals surface area contributed by atoms with E-state index in [9.17, 15) is 18.0 Å². The molecule has 0 radical (unpaired) electrons. The molecule has 1 N–H and O–H groups in total. The monoisotopic (exact) mass is 547 g/mol. The first-order valence-electron chi connectivity index (χ1n) is 12.9. The second-order valence-corrected chi connectivity index (χ2v) is 12.2. The molecule has 0 heterocycles. The highest BCUT2D eigenvalue weighted by Crippen LogP contribution is 2.22. The largest absolute Gasteiger partial charge is 0.352 e. The van der Waals surface area contributed by atoms with E-state index in [-0.39, 0.29) is 37.4 Å². The third kappa shape index (κ3) is 8.47. The fraction of sp³-hybridized carbons (Fsp3) is 0.500. The number of nitrogens with one attached hydrogen (secondary N) is 1. The van der Waals surface area contributed by atoms with Gasteiger partial charge in [0.25, 0.3) is 0 Å². The maximum Gasteiger partial charge on any atom is 0.242 e. The number of sulfonamides is 1. The summed E-state index contributed by atoms with van der Waals surface area (Å²) in [6.45, 7) is 4.04. The predicted octanol–water partition coefficient (Wildman–Crippen LogP) is 5.06. The lowest BCUT2D eigenvalue weighted by Gasteiger charge is -2.31. The average molecular weight is 548 g/mol. The van der Waals surface area contributed by atoms with E-state index >= 15 is 0 Å². The van der Waals surface area contributed by atoms with Crippen LogP contribution < -0.4 is 9.62 Å². The Hall–Kier alpha value is -2.58. The van der Waals surface area contributed by atoms with Crippen LogP contribution >= 0.6 is 11.6 Å². The summed E-state index contributed by atoms with van der Waals surface area (Å²) >= 11 is 6.38. The first-order valence-corrected chi connectivity index (χ1v) is 15.2. The number of nitrogens with zero attached hydrogens (tertiary/aromatic N) is 2. The predicted molar refractivity (Wildman–Crippen MR) is 149 cm³/mol. The van der Waals surface area contributed by atoms with Gasteiger partial charge in [0.1, 0.15) is 6.04 Å². The molecule has 2 amide bonds. The third-order valence-electron chi connectivity index (χ3n) is 6.89. The number of benzene rings is 2. The second-order valence-electron chi connectivity index (χ2n) is 9.91. The van der Waals surface area contributed by atoms with Crippen LogP contribution in [0.1, 0.15) is 63.0 Å². The molecule has 2 aromatic carbocycles. The zero-order chi connectivity index (χ0) is 27.0. The maximum absolute atomic E-state index is 13.4. The zero-order valence-electron chi connectivity index (χ0n) is 22.0. The molecule has 2 aromatic rings. The molecule has 0 aliphatic heterocycles. The number of amides is 2. The third-order valence-corrected chi connectivity index (χ3v) is 8.45. The van der Waals surface area contributed by atoms with Crippen LogP contribution in [-0.4, -0.2) is 50.0 Å². The quantitative estimate of drug-likeness (QED) is 0.426. The van der Waals surface area contributed by atoms with Gasteiger partial charge >= 0.3 is 0 Å². The van der Waals surface area contributed by atoms with Gasteiger partial charge in [-0.2, -0.15) is 0 Å². The highest BCUT2D eigenvalue weighted by Gasteiger charge is 2.28. The summed E-state index contributed by atoms with van der Waals surface area (Å²) in [6.07, 6.45) is 6.87. The van der Waals surface area contributed by atoms with Gasteiger partial charge < -0.3 is 10.2 Å². The molecule has 7 nitrogen and oxygen atoms in total. The average Bonchev–Trinajstić information content (AvgIpc) is 2.86. The van der Waals surface area contributed by atoms with Crippen LogP contribution in [0.15, 0.2) is 48.5 Å². The molecule has 1 atom stereocenters. The Balaban J connectivity index is 1.72. The van der Waals surface area contributed by atoms with Crippen molar-refractivity contribution in [2.24, 2.45) is 0 Å². The number of hydrogen-bond donors (Lipinski definition) is 1. The number of aryl methyl sites for hydroxylation is 1. The normalized spacial score (nSPS) is 15.1. The van der Waals surface area contributed by atoms with Crippen LogP contribution in [-0.2, 0) is 26.2 Å². The molecule has 9 heteroatoms. The van der Waals surface area contributed by atoms with Crippen molar-refractivity contribution >= 4 is 39.1 Å². The van der Waals surface area contributed by atoms with Crippen molar-refractivity contribution in [3.05, 3.63) is 64.7 Å². The summed E-state index contributed by atoms with van der Waals surface area (Å²) in [5.74, 6) is -0.395. The summed E-state index contributed by atoms with van der Waals surface area (Å²) < 4.78 is 26.2. The van der Waals surface area contributed by atoms with Gasteiger partial charge in [-0.3, -0.25) is 13.9 Å². The van der Waals surface area contributed by atoms with Gasteiger partial charge in [-0.15, -0.1) is 0 Å². The zero-order valence-corrected chi connectivity index (χ0v) is 23.5. The number of anilines is 1. The van der Waals surface area contributed by atoms with E-state index in [2.05, 4.69) is 5.32 Å². The molecule has 202 valence electrons. The Morgan fingerprint density at radius 1 is 1.05 bits per heavy atom. The first kappa shape index (κ1) is 29.0. The van der Waals surface area contributed by atoms with E-state index in [1.807, 2.05) is 37.3 Å².